The van der Waals surface area contributed by atoms with Crippen LogP contribution in [0.3, 0.4) is 0 Å². The predicted octanol–water partition coefficient (Wildman–Crippen LogP) is 6.42. The minimum atomic E-state index is -1.80. The molecule has 1 N–H and O–H groups in total. The van der Waals surface area contributed by atoms with Crippen molar-refractivity contribution in [2.75, 3.05) is 6.61 Å². The first-order valence-electron chi connectivity index (χ1n) is 13.5. The van der Waals surface area contributed by atoms with Crippen LogP contribution in [0.15, 0.2) is 121 Å². The van der Waals surface area contributed by atoms with Crippen LogP contribution in [0.5, 0.6) is 0 Å². The lowest BCUT2D eigenvalue weighted by atomic mass is 9.47. The number of benzene rings is 4. The molecule has 5 rings (SSSR count). The Bertz CT molecular complexity index is 1500. The molecule has 1 saturated carbocycles. The summed E-state index contributed by atoms with van der Waals surface area (Å²) in [6.07, 6.45) is -0.0278. The third-order valence-corrected chi connectivity index (χ3v) is 8.18. The van der Waals surface area contributed by atoms with E-state index in [-0.39, 0.29) is 18.8 Å². The zero-order chi connectivity index (χ0) is 28.2. The summed E-state index contributed by atoms with van der Waals surface area (Å²) in [4.78, 5) is 28.7. The monoisotopic (exact) mass is 529 g/mol. The van der Waals surface area contributed by atoms with E-state index in [0.29, 0.717) is 16.7 Å². The number of nitrogens with zero attached hydrogens (tertiary/aromatic N) is 1. The van der Waals surface area contributed by atoms with Crippen molar-refractivity contribution in [3.63, 3.8) is 0 Å². The summed E-state index contributed by atoms with van der Waals surface area (Å²) in [6.45, 7) is 1.78. The fourth-order valence-corrected chi connectivity index (χ4v) is 6.42. The molecule has 0 heterocycles. The zero-order valence-corrected chi connectivity index (χ0v) is 22.3. The molecule has 4 aromatic carbocycles. The Kier molecular flexibility index (Phi) is 7.64. The van der Waals surface area contributed by atoms with Gasteiger partial charge in [-0.25, -0.2) is 0 Å². The van der Waals surface area contributed by atoms with Gasteiger partial charge in [-0.05, 0) is 30.0 Å². The van der Waals surface area contributed by atoms with E-state index in [2.05, 4.69) is 6.07 Å². The minimum absolute atomic E-state index is 0.0278. The van der Waals surface area contributed by atoms with Gasteiger partial charge < -0.3 is 9.84 Å². The van der Waals surface area contributed by atoms with Crippen molar-refractivity contribution < 1.29 is 19.4 Å². The van der Waals surface area contributed by atoms with Crippen molar-refractivity contribution in [3.05, 3.63) is 144 Å². The van der Waals surface area contributed by atoms with Crippen LogP contribution in [-0.2, 0) is 15.1 Å². The summed E-state index contributed by atoms with van der Waals surface area (Å²) in [7, 11) is 0. The molecule has 0 aromatic heterocycles. The van der Waals surface area contributed by atoms with Gasteiger partial charge in [-0.3, -0.25) is 9.59 Å². The Morgan fingerprint density at radius 1 is 0.825 bits per heavy atom. The highest BCUT2D eigenvalue weighted by Crippen LogP contribution is 2.63. The fraction of sp³-hybridized carbons (Fsp3) is 0.229. The van der Waals surface area contributed by atoms with Gasteiger partial charge in [0.05, 0.1) is 18.6 Å². The van der Waals surface area contributed by atoms with Gasteiger partial charge >= 0.3 is 5.97 Å². The van der Waals surface area contributed by atoms with Gasteiger partial charge in [0.25, 0.3) is 0 Å². The second-order valence-electron chi connectivity index (χ2n) is 10.3. The SMILES string of the molecule is CCOC(=O)[C@]1(C#N)[C@H](c2ccccc2)C[C@](O)(c2ccccc2)[C@H](C(=O)c2ccccc2)[C@@H]1c1ccccc1. The molecular formula is C35H31NO4. The van der Waals surface area contributed by atoms with Crippen LogP contribution in [0.1, 0.15) is 52.2 Å². The van der Waals surface area contributed by atoms with Crippen LogP contribution in [0.25, 0.3) is 0 Å². The maximum atomic E-state index is 14.6. The summed E-state index contributed by atoms with van der Waals surface area (Å²) in [5.41, 5.74) is -1.21. The summed E-state index contributed by atoms with van der Waals surface area (Å²) in [6, 6.07) is 38.7. The lowest BCUT2D eigenvalue weighted by Crippen LogP contribution is -2.59. The van der Waals surface area contributed by atoms with Gasteiger partial charge in [0.2, 0.25) is 0 Å². The van der Waals surface area contributed by atoms with Gasteiger partial charge in [-0.2, -0.15) is 5.26 Å². The van der Waals surface area contributed by atoms with Crippen LogP contribution >= 0.6 is 0 Å². The molecule has 0 radical (unpaired) electrons. The van der Waals surface area contributed by atoms with E-state index in [4.69, 9.17) is 4.74 Å². The number of rotatable bonds is 7. The van der Waals surface area contributed by atoms with Gasteiger partial charge in [-0.1, -0.05) is 121 Å². The molecule has 0 amide bonds. The van der Waals surface area contributed by atoms with Crippen molar-refractivity contribution in [3.8, 4) is 6.07 Å². The molecule has 0 unspecified atom stereocenters. The number of esters is 1. The first-order valence-corrected chi connectivity index (χ1v) is 13.5. The van der Waals surface area contributed by atoms with Gasteiger partial charge in [0.15, 0.2) is 11.2 Å². The lowest BCUT2D eigenvalue weighted by molar-refractivity contribution is -0.164. The predicted molar refractivity (Wildman–Crippen MR) is 152 cm³/mol. The normalized spacial score (nSPS) is 25.9. The largest absolute Gasteiger partial charge is 0.465 e. The molecule has 0 bridgehead atoms. The van der Waals surface area contributed by atoms with Crippen molar-refractivity contribution >= 4 is 11.8 Å². The highest BCUT2D eigenvalue weighted by atomic mass is 16.5. The lowest BCUT2D eigenvalue weighted by Gasteiger charge is -2.54. The smallest absolute Gasteiger partial charge is 0.327 e. The molecule has 5 heteroatoms. The van der Waals surface area contributed by atoms with Crippen molar-refractivity contribution in [1.82, 2.24) is 0 Å². The number of carbonyl (C=O) groups excluding carboxylic acids is 2. The molecule has 200 valence electrons. The van der Waals surface area contributed by atoms with E-state index in [1.165, 1.54) is 0 Å². The van der Waals surface area contributed by atoms with Crippen molar-refractivity contribution in [1.29, 1.82) is 5.26 Å². The van der Waals surface area contributed by atoms with Crippen LogP contribution < -0.4 is 0 Å². The summed E-state index contributed by atoms with van der Waals surface area (Å²) in [5, 5.41) is 23.9. The number of nitriles is 1. The highest BCUT2D eigenvalue weighted by Gasteiger charge is 2.67. The molecule has 5 atom stereocenters. The van der Waals surface area contributed by atoms with E-state index >= 15 is 0 Å². The number of ketones is 1. The van der Waals surface area contributed by atoms with Crippen LogP contribution in [0, 0.1) is 22.7 Å². The molecule has 4 aromatic rings. The zero-order valence-electron chi connectivity index (χ0n) is 22.3. The maximum Gasteiger partial charge on any atom is 0.327 e. The molecule has 1 fully saturated rings. The highest BCUT2D eigenvalue weighted by molar-refractivity contribution is 6.00. The topological polar surface area (TPSA) is 87.4 Å². The molecule has 40 heavy (non-hydrogen) atoms. The number of aliphatic hydroxyl groups is 1. The molecule has 1 aliphatic rings. The van der Waals surface area contributed by atoms with Crippen molar-refractivity contribution in [2.24, 2.45) is 11.3 Å². The second-order valence-corrected chi connectivity index (χ2v) is 10.3. The molecular weight excluding hydrogens is 498 g/mol. The van der Waals surface area contributed by atoms with E-state index in [1.54, 1.807) is 43.3 Å². The van der Waals surface area contributed by atoms with Gasteiger partial charge in [0, 0.05) is 17.4 Å². The second kappa shape index (κ2) is 11.3. The van der Waals surface area contributed by atoms with E-state index in [1.807, 2.05) is 84.9 Å². The molecule has 0 aliphatic heterocycles. The minimum Gasteiger partial charge on any atom is -0.465 e. The summed E-state index contributed by atoms with van der Waals surface area (Å²) >= 11 is 0. The standard InChI is InChI=1S/C35H31NO4/c1-2-40-33(38)34(24-36)29(25-15-7-3-8-16-25)23-35(39,28-21-13-6-14-22-28)31(30(34)26-17-9-4-10-18-26)32(37)27-19-11-5-12-20-27/h3-22,29-31,39H,2,23H2,1H3/t29-,30-,31-,34+,35-/m0/s1. The Morgan fingerprint density at radius 3 is 1.85 bits per heavy atom. The van der Waals surface area contributed by atoms with E-state index < -0.39 is 34.7 Å². The summed E-state index contributed by atoms with van der Waals surface area (Å²) < 4.78 is 5.63. The molecule has 5 nitrogen and oxygen atoms in total. The number of ether oxygens (including phenoxy) is 1. The average molecular weight is 530 g/mol. The first-order chi connectivity index (χ1) is 19.5. The fourth-order valence-electron chi connectivity index (χ4n) is 6.42. The van der Waals surface area contributed by atoms with E-state index in [9.17, 15) is 20.0 Å². The van der Waals surface area contributed by atoms with Gasteiger partial charge in [-0.15, -0.1) is 0 Å². The van der Waals surface area contributed by atoms with Crippen LogP contribution in [-0.4, -0.2) is 23.5 Å². The third-order valence-electron chi connectivity index (χ3n) is 8.18. The first kappa shape index (κ1) is 27.1. The van der Waals surface area contributed by atoms with Gasteiger partial charge in [0.1, 0.15) is 5.60 Å². The number of hydrogen-bond donors (Lipinski definition) is 1. The Labute approximate surface area is 234 Å². The third kappa shape index (κ3) is 4.51. The molecule has 0 spiro atoms. The Balaban J connectivity index is 1.88. The summed E-state index contributed by atoms with van der Waals surface area (Å²) in [5.74, 6) is -3.98. The number of carbonyl (C=O) groups is 2. The maximum absolute atomic E-state index is 14.6. The number of Topliss-reactive ketones (excluding diaryl/α,β-unsaturated/α-hetero) is 1. The van der Waals surface area contributed by atoms with E-state index in [0.717, 1.165) is 5.56 Å². The Hall–Kier alpha value is -4.53. The molecule has 0 saturated heterocycles. The molecule has 1 aliphatic carbocycles. The number of hydrogen-bond acceptors (Lipinski definition) is 5. The average Bonchev–Trinajstić information content (AvgIpc) is 3.02. The van der Waals surface area contributed by atoms with Crippen LogP contribution in [0.2, 0.25) is 0 Å². The quantitative estimate of drug-likeness (QED) is 0.221. The van der Waals surface area contributed by atoms with Crippen molar-refractivity contribution in [2.45, 2.75) is 30.8 Å². The Morgan fingerprint density at radius 2 is 1.32 bits per heavy atom. The van der Waals surface area contributed by atoms with Crippen LogP contribution in [0.4, 0.5) is 0 Å².